The smallest absolute Gasteiger partial charge is 0.153 e. The highest BCUT2D eigenvalue weighted by atomic mass is 32.2. The highest BCUT2D eigenvalue weighted by Gasteiger charge is 2.37. The third-order valence-corrected chi connectivity index (χ3v) is 5.19. The fourth-order valence-corrected chi connectivity index (χ4v) is 4.49. The Kier molecular flexibility index (Phi) is 3.75. The van der Waals surface area contributed by atoms with E-state index in [1.54, 1.807) is 0 Å². The molecule has 0 aromatic heterocycles. The van der Waals surface area contributed by atoms with Gasteiger partial charge in [-0.2, -0.15) is 0 Å². The first-order valence-corrected chi connectivity index (χ1v) is 7.91. The molecule has 2 N–H and O–H groups in total. The summed E-state index contributed by atoms with van der Waals surface area (Å²) in [5.41, 5.74) is 8.32. The van der Waals surface area contributed by atoms with Crippen LogP contribution in [0.25, 0.3) is 0 Å². The van der Waals surface area contributed by atoms with Crippen LogP contribution in [-0.4, -0.2) is 44.0 Å². The summed E-state index contributed by atoms with van der Waals surface area (Å²) >= 11 is 0. The number of nitrogens with two attached hydrogens (primary N) is 1. The lowest BCUT2D eigenvalue weighted by Gasteiger charge is -2.26. The summed E-state index contributed by atoms with van der Waals surface area (Å²) in [6.07, 6.45) is 0. The third kappa shape index (κ3) is 3.10. The maximum atomic E-state index is 11.6. The number of rotatable bonds is 3. The van der Waals surface area contributed by atoms with Gasteiger partial charge in [-0.15, -0.1) is 0 Å². The van der Waals surface area contributed by atoms with Gasteiger partial charge in [0.05, 0.1) is 11.5 Å². The maximum absolute atomic E-state index is 11.6. The van der Waals surface area contributed by atoms with E-state index in [0.717, 1.165) is 6.54 Å². The molecule has 0 amide bonds. The standard InChI is InChI=1S/C13H20N2O2S/c1-10-4-3-5-11(6-10)7-15(2)13-9-18(16,17)8-12(13)14/h3-6,12-13H,7-9,14H2,1-2H3. The molecule has 18 heavy (non-hydrogen) atoms. The summed E-state index contributed by atoms with van der Waals surface area (Å²) in [4.78, 5) is 2.05. The number of hydrogen-bond donors (Lipinski definition) is 1. The number of hydrogen-bond acceptors (Lipinski definition) is 4. The minimum absolute atomic E-state index is 0.0736. The van der Waals surface area contributed by atoms with Gasteiger partial charge in [0.25, 0.3) is 0 Å². The Balaban J connectivity index is 2.07. The predicted molar refractivity (Wildman–Crippen MR) is 73.1 cm³/mol. The molecule has 1 aromatic rings. The Hall–Kier alpha value is -0.910. The van der Waals surface area contributed by atoms with Gasteiger partial charge in [-0.3, -0.25) is 4.90 Å². The molecular weight excluding hydrogens is 248 g/mol. The van der Waals surface area contributed by atoms with Crippen LogP contribution in [0.15, 0.2) is 24.3 Å². The number of benzene rings is 1. The van der Waals surface area contributed by atoms with E-state index in [-0.39, 0.29) is 23.6 Å². The van der Waals surface area contributed by atoms with Crippen molar-refractivity contribution in [1.29, 1.82) is 0 Å². The molecule has 1 aliphatic heterocycles. The number of sulfone groups is 1. The van der Waals surface area contributed by atoms with Gasteiger partial charge < -0.3 is 5.73 Å². The molecule has 1 fully saturated rings. The first kappa shape index (κ1) is 13.5. The lowest BCUT2D eigenvalue weighted by atomic mass is 10.1. The normalized spacial score (nSPS) is 26.7. The highest BCUT2D eigenvalue weighted by molar-refractivity contribution is 7.91. The molecule has 5 heteroatoms. The minimum Gasteiger partial charge on any atom is -0.325 e. The second-order valence-electron chi connectivity index (χ2n) is 5.21. The largest absolute Gasteiger partial charge is 0.325 e. The number of nitrogens with zero attached hydrogens (tertiary/aromatic N) is 1. The van der Waals surface area contributed by atoms with Gasteiger partial charge in [0.1, 0.15) is 0 Å². The highest BCUT2D eigenvalue weighted by Crippen LogP contribution is 2.18. The second kappa shape index (κ2) is 4.99. The van der Waals surface area contributed by atoms with Crippen molar-refractivity contribution < 1.29 is 8.42 Å². The summed E-state index contributed by atoms with van der Waals surface area (Å²) in [5, 5.41) is 0. The molecule has 1 aliphatic rings. The van der Waals surface area contributed by atoms with Crippen LogP contribution in [0.2, 0.25) is 0 Å². The maximum Gasteiger partial charge on any atom is 0.153 e. The van der Waals surface area contributed by atoms with Crippen molar-refractivity contribution in [3.05, 3.63) is 35.4 Å². The third-order valence-electron chi connectivity index (χ3n) is 3.45. The first-order chi connectivity index (χ1) is 8.37. The zero-order chi connectivity index (χ0) is 13.3. The molecule has 4 nitrogen and oxygen atoms in total. The van der Waals surface area contributed by atoms with Gasteiger partial charge >= 0.3 is 0 Å². The summed E-state index contributed by atoms with van der Waals surface area (Å²) in [5.74, 6) is 0.284. The van der Waals surface area contributed by atoms with Crippen LogP contribution in [0.5, 0.6) is 0 Å². The fraction of sp³-hybridized carbons (Fsp3) is 0.538. The van der Waals surface area contributed by atoms with Crippen molar-refractivity contribution in [1.82, 2.24) is 4.90 Å². The SMILES string of the molecule is Cc1cccc(CN(C)C2CS(=O)(=O)CC2N)c1. The van der Waals surface area contributed by atoms with Crippen LogP contribution >= 0.6 is 0 Å². The number of likely N-dealkylation sites (N-methyl/N-ethyl adjacent to an activating group) is 1. The number of aryl methyl sites for hydroxylation is 1. The van der Waals surface area contributed by atoms with E-state index < -0.39 is 9.84 Å². The van der Waals surface area contributed by atoms with Gasteiger partial charge in [-0.05, 0) is 19.5 Å². The zero-order valence-electron chi connectivity index (χ0n) is 10.8. The van der Waals surface area contributed by atoms with Crippen LogP contribution in [0.1, 0.15) is 11.1 Å². The lowest BCUT2D eigenvalue weighted by Crippen LogP contribution is -2.44. The Bertz CT molecular complexity index is 528. The molecule has 1 heterocycles. The van der Waals surface area contributed by atoms with Crippen molar-refractivity contribution in [2.24, 2.45) is 5.73 Å². The lowest BCUT2D eigenvalue weighted by molar-refractivity contribution is 0.236. The van der Waals surface area contributed by atoms with Crippen LogP contribution in [-0.2, 0) is 16.4 Å². The quantitative estimate of drug-likeness (QED) is 0.869. The monoisotopic (exact) mass is 268 g/mol. The fourth-order valence-electron chi connectivity index (χ4n) is 2.53. The van der Waals surface area contributed by atoms with Crippen molar-refractivity contribution in [2.45, 2.75) is 25.6 Å². The Labute approximate surface area is 109 Å². The van der Waals surface area contributed by atoms with Crippen LogP contribution < -0.4 is 5.73 Å². The van der Waals surface area contributed by atoms with E-state index in [4.69, 9.17) is 5.73 Å². The molecule has 0 radical (unpaired) electrons. The van der Waals surface area contributed by atoms with E-state index in [2.05, 4.69) is 25.1 Å². The van der Waals surface area contributed by atoms with Gasteiger partial charge in [-0.25, -0.2) is 8.42 Å². The molecule has 2 rings (SSSR count). The first-order valence-electron chi connectivity index (χ1n) is 6.09. The predicted octanol–water partition coefficient (Wildman–Crippen LogP) is 0.551. The van der Waals surface area contributed by atoms with Crippen molar-refractivity contribution in [2.75, 3.05) is 18.6 Å². The van der Waals surface area contributed by atoms with Crippen LogP contribution in [0.4, 0.5) is 0 Å². The molecular formula is C13H20N2O2S. The van der Waals surface area contributed by atoms with E-state index in [0.29, 0.717) is 0 Å². The van der Waals surface area contributed by atoms with Crippen LogP contribution in [0, 0.1) is 6.92 Å². The second-order valence-corrected chi connectivity index (χ2v) is 7.37. The molecule has 0 bridgehead atoms. The molecule has 100 valence electrons. The summed E-state index contributed by atoms with van der Waals surface area (Å²) in [6, 6.07) is 7.89. The van der Waals surface area contributed by atoms with Gasteiger partial charge in [-0.1, -0.05) is 29.8 Å². The van der Waals surface area contributed by atoms with Gasteiger partial charge in [0, 0.05) is 18.6 Å². The molecule has 2 atom stereocenters. The van der Waals surface area contributed by atoms with Crippen molar-refractivity contribution >= 4 is 9.84 Å². The van der Waals surface area contributed by atoms with E-state index in [1.165, 1.54) is 11.1 Å². The zero-order valence-corrected chi connectivity index (χ0v) is 11.7. The summed E-state index contributed by atoms with van der Waals surface area (Å²) < 4.78 is 23.1. The molecule has 2 unspecified atom stereocenters. The summed E-state index contributed by atoms with van der Waals surface area (Å²) in [7, 11) is -1.02. The Morgan fingerprint density at radius 1 is 1.39 bits per heavy atom. The van der Waals surface area contributed by atoms with Gasteiger partial charge in [0.15, 0.2) is 9.84 Å². The topological polar surface area (TPSA) is 63.4 Å². The minimum atomic E-state index is -2.96. The van der Waals surface area contributed by atoms with E-state index >= 15 is 0 Å². The van der Waals surface area contributed by atoms with Gasteiger partial charge in [0.2, 0.25) is 0 Å². The van der Waals surface area contributed by atoms with Crippen LogP contribution in [0.3, 0.4) is 0 Å². The Morgan fingerprint density at radius 2 is 2.11 bits per heavy atom. The Morgan fingerprint density at radius 3 is 2.67 bits per heavy atom. The van der Waals surface area contributed by atoms with E-state index in [9.17, 15) is 8.42 Å². The van der Waals surface area contributed by atoms with E-state index in [1.807, 2.05) is 18.0 Å². The molecule has 0 saturated carbocycles. The molecule has 1 aromatic carbocycles. The van der Waals surface area contributed by atoms with Crippen molar-refractivity contribution in [3.63, 3.8) is 0 Å². The molecule has 0 spiro atoms. The summed E-state index contributed by atoms with van der Waals surface area (Å²) in [6.45, 7) is 2.78. The molecule has 1 saturated heterocycles. The average Bonchev–Trinajstić information content (AvgIpc) is 2.52. The molecule has 0 aliphatic carbocycles. The average molecular weight is 268 g/mol. The van der Waals surface area contributed by atoms with Crippen molar-refractivity contribution in [3.8, 4) is 0 Å².